The van der Waals surface area contributed by atoms with Gasteiger partial charge in [0, 0.05) is 9.50 Å². The molecule has 0 aliphatic carbocycles. The number of nitrogens with zero attached hydrogens (tertiary/aromatic N) is 1. The maximum atomic E-state index is 11.6. The topological polar surface area (TPSA) is 49.4 Å². The van der Waals surface area contributed by atoms with Crippen molar-refractivity contribution in [3.05, 3.63) is 27.7 Å². The molecular formula is C10H8BrClN2O2. The van der Waals surface area contributed by atoms with Gasteiger partial charge in [0.1, 0.15) is 6.54 Å². The lowest BCUT2D eigenvalue weighted by molar-refractivity contribution is -0.128. The highest BCUT2D eigenvalue weighted by molar-refractivity contribution is 9.10. The molecule has 1 aliphatic heterocycles. The number of carbonyl (C=O) groups excluding carboxylic acids is 2. The third kappa shape index (κ3) is 2.20. The highest BCUT2D eigenvalue weighted by Gasteiger charge is 2.25. The van der Waals surface area contributed by atoms with Gasteiger partial charge in [0.2, 0.25) is 11.8 Å². The van der Waals surface area contributed by atoms with E-state index in [9.17, 15) is 9.59 Å². The first-order chi connectivity index (χ1) is 7.58. The zero-order valence-corrected chi connectivity index (χ0v) is 10.5. The minimum absolute atomic E-state index is 0.0356. The van der Waals surface area contributed by atoms with Crippen molar-refractivity contribution in [2.75, 3.05) is 18.0 Å². The quantitative estimate of drug-likeness (QED) is 0.856. The molecular weight excluding hydrogens is 295 g/mol. The van der Waals surface area contributed by atoms with Crippen molar-refractivity contribution in [1.29, 1.82) is 0 Å². The molecule has 0 atom stereocenters. The van der Waals surface area contributed by atoms with Gasteiger partial charge in [-0.1, -0.05) is 11.6 Å². The summed E-state index contributed by atoms with van der Waals surface area (Å²) in [6.45, 7) is 0.0764. The van der Waals surface area contributed by atoms with E-state index in [2.05, 4.69) is 21.2 Å². The second-order valence-corrected chi connectivity index (χ2v) is 4.64. The van der Waals surface area contributed by atoms with Crippen molar-refractivity contribution in [2.45, 2.75) is 0 Å². The lowest BCUT2D eigenvalue weighted by atomic mass is 10.2. The summed E-state index contributed by atoms with van der Waals surface area (Å²) >= 11 is 9.13. The number of benzene rings is 1. The molecule has 0 saturated carbocycles. The van der Waals surface area contributed by atoms with E-state index in [-0.39, 0.29) is 24.9 Å². The van der Waals surface area contributed by atoms with E-state index in [0.29, 0.717) is 15.2 Å². The number of hydrogen-bond donors (Lipinski definition) is 1. The van der Waals surface area contributed by atoms with Crippen LogP contribution in [0.4, 0.5) is 5.69 Å². The number of nitrogens with one attached hydrogen (secondary N) is 1. The summed E-state index contributed by atoms with van der Waals surface area (Å²) in [6.07, 6.45) is 0. The van der Waals surface area contributed by atoms with Gasteiger partial charge in [0.05, 0.1) is 12.2 Å². The largest absolute Gasteiger partial charge is 0.345 e. The normalized spacial score (nSPS) is 16.2. The SMILES string of the molecule is O=C1CN(c2ccc(Cl)cc2Br)C(=O)CN1. The molecule has 1 saturated heterocycles. The van der Waals surface area contributed by atoms with Crippen LogP contribution in [0, 0.1) is 0 Å². The average Bonchev–Trinajstić information content (AvgIpc) is 2.22. The van der Waals surface area contributed by atoms with Gasteiger partial charge < -0.3 is 10.2 Å². The Morgan fingerprint density at radius 2 is 2.12 bits per heavy atom. The Kier molecular flexibility index (Phi) is 3.16. The number of piperazine rings is 1. The van der Waals surface area contributed by atoms with E-state index < -0.39 is 0 Å². The first kappa shape index (κ1) is 11.4. The minimum Gasteiger partial charge on any atom is -0.345 e. The van der Waals surface area contributed by atoms with Crippen LogP contribution in [0.15, 0.2) is 22.7 Å². The summed E-state index contributed by atoms with van der Waals surface area (Å²) in [5, 5.41) is 3.06. The molecule has 1 heterocycles. The summed E-state index contributed by atoms with van der Waals surface area (Å²) in [4.78, 5) is 24.3. The molecule has 0 aromatic heterocycles. The number of anilines is 1. The van der Waals surface area contributed by atoms with Gasteiger partial charge in [0.15, 0.2) is 0 Å². The Balaban J connectivity index is 2.35. The van der Waals surface area contributed by atoms with Crippen molar-refractivity contribution in [1.82, 2.24) is 5.32 Å². The predicted octanol–water partition coefficient (Wildman–Crippen LogP) is 1.57. The van der Waals surface area contributed by atoms with Crippen LogP contribution in [0.3, 0.4) is 0 Å². The molecule has 0 bridgehead atoms. The molecule has 1 fully saturated rings. The zero-order valence-electron chi connectivity index (χ0n) is 8.17. The van der Waals surface area contributed by atoms with E-state index in [1.807, 2.05) is 0 Å². The third-order valence-electron chi connectivity index (χ3n) is 2.24. The number of rotatable bonds is 1. The molecule has 2 amide bonds. The van der Waals surface area contributed by atoms with Gasteiger partial charge in [-0.3, -0.25) is 9.59 Å². The summed E-state index contributed by atoms with van der Waals surface area (Å²) in [6, 6.07) is 5.08. The fourth-order valence-electron chi connectivity index (χ4n) is 1.48. The van der Waals surface area contributed by atoms with E-state index in [0.717, 1.165) is 0 Å². The van der Waals surface area contributed by atoms with Gasteiger partial charge >= 0.3 is 0 Å². The molecule has 16 heavy (non-hydrogen) atoms. The molecule has 1 aromatic carbocycles. The molecule has 0 radical (unpaired) electrons. The van der Waals surface area contributed by atoms with E-state index >= 15 is 0 Å². The molecule has 0 spiro atoms. The highest BCUT2D eigenvalue weighted by Crippen LogP contribution is 2.29. The van der Waals surface area contributed by atoms with Crippen LogP contribution < -0.4 is 10.2 Å². The first-order valence-electron chi connectivity index (χ1n) is 4.60. The van der Waals surface area contributed by atoms with Gasteiger partial charge in [-0.2, -0.15) is 0 Å². The predicted molar refractivity (Wildman–Crippen MR) is 64.5 cm³/mol. The van der Waals surface area contributed by atoms with Crippen LogP contribution in [-0.2, 0) is 9.59 Å². The zero-order chi connectivity index (χ0) is 11.7. The summed E-state index contributed by atoms with van der Waals surface area (Å²) in [5.41, 5.74) is 0.657. The lowest BCUT2D eigenvalue weighted by Crippen LogP contribution is -2.51. The van der Waals surface area contributed by atoms with Gasteiger partial charge in [-0.15, -0.1) is 0 Å². The summed E-state index contributed by atoms with van der Waals surface area (Å²) in [5.74, 6) is -0.302. The summed E-state index contributed by atoms with van der Waals surface area (Å²) < 4.78 is 0.697. The minimum atomic E-state index is -0.165. The van der Waals surface area contributed by atoms with Crippen LogP contribution >= 0.6 is 27.5 Å². The molecule has 84 valence electrons. The fraction of sp³-hybridized carbons (Fsp3) is 0.200. The third-order valence-corrected chi connectivity index (χ3v) is 3.11. The number of hydrogen-bond acceptors (Lipinski definition) is 2. The second-order valence-electron chi connectivity index (χ2n) is 3.35. The maximum Gasteiger partial charge on any atom is 0.246 e. The number of halogens is 2. The Morgan fingerprint density at radius 3 is 2.81 bits per heavy atom. The number of amides is 2. The van der Waals surface area contributed by atoms with Crippen molar-refractivity contribution in [3.8, 4) is 0 Å². The van der Waals surface area contributed by atoms with Gasteiger partial charge in [-0.05, 0) is 34.1 Å². The van der Waals surface area contributed by atoms with Crippen molar-refractivity contribution < 1.29 is 9.59 Å². The van der Waals surface area contributed by atoms with Crippen LogP contribution in [0.1, 0.15) is 0 Å². The van der Waals surface area contributed by atoms with Crippen molar-refractivity contribution >= 4 is 45.0 Å². The Bertz CT molecular complexity index is 464. The van der Waals surface area contributed by atoms with Gasteiger partial charge in [0.25, 0.3) is 0 Å². The molecule has 6 heteroatoms. The van der Waals surface area contributed by atoms with Gasteiger partial charge in [-0.25, -0.2) is 0 Å². The fourth-order valence-corrected chi connectivity index (χ4v) is 2.37. The average molecular weight is 304 g/mol. The second kappa shape index (κ2) is 4.43. The molecule has 1 aliphatic rings. The molecule has 0 unspecified atom stereocenters. The standard InChI is InChI=1S/C10H8BrClN2O2/c11-7-3-6(12)1-2-8(7)14-5-9(15)13-4-10(14)16/h1-3H,4-5H2,(H,13,15). The van der Waals surface area contributed by atoms with Crippen molar-refractivity contribution in [3.63, 3.8) is 0 Å². The van der Waals surface area contributed by atoms with Crippen LogP contribution in [0.2, 0.25) is 5.02 Å². The lowest BCUT2D eigenvalue weighted by Gasteiger charge is -2.27. The van der Waals surface area contributed by atoms with Crippen LogP contribution in [0.25, 0.3) is 0 Å². The smallest absolute Gasteiger partial charge is 0.246 e. The number of carbonyl (C=O) groups is 2. The van der Waals surface area contributed by atoms with E-state index in [1.165, 1.54) is 4.90 Å². The Labute approximate surface area is 106 Å². The molecule has 2 rings (SSSR count). The first-order valence-corrected chi connectivity index (χ1v) is 5.77. The van der Waals surface area contributed by atoms with Crippen LogP contribution in [-0.4, -0.2) is 24.9 Å². The molecule has 1 aromatic rings. The molecule has 1 N–H and O–H groups in total. The van der Waals surface area contributed by atoms with Crippen molar-refractivity contribution in [2.24, 2.45) is 0 Å². The Hall–Kier alpha value is -1.07. The summed E-state index contributed by atoms with van der Waals surface area (Å²) in [7, 11) is 0. The monoisotopic (exact) mass is 302 g/mol. The van der Waals surface area contributed by atoms with E-state index in [1.54, 1.807) is 18.2 Å². The highest BCUT2D eigenvalue weighted by atomic mass is 79.9. The molecule has 4 nitrogen and oxygen atoms in total. The Morgan fingerprint density at radius 1 is 1.38 bits per heavy atom. The maximum absolute atomic E-state index is 11.6. The van der Waals surface area contributed by atoms with Crippen LogP contribution in [0.5, 0.6) is 0 Å². The van der Waals surface area contributed by atoms with E-state index in [4.69, 9.17) is 11.6 Å².